The normalized spacial score (nSPS) is 11.4. The molecule has 0 bridgehead atoms. The van der Waals surface area contributed by atoms with Crippen molar-refractivity contribution in [3.8, 4) is 0 Å². The van der Waals surface area contributed by atoms with E-state index >= 15 is 0 Å². The third-order valence-electron chi connectivity index (χ3n) is 2.43. The van der Waals surface area contributed by atoms with Gasteiger partial charge in [0.25, 0.3) is 0 Å². The van der Waals surface area contributed by atoms with Gasteiger partial charge in [0.05, 0.1) is 15.5 Å². The predicted octanol–water partition coefficient (Wildman–Crippen LogP) is 2.45. The molecule has 2 aromatic carbocycles. The van der Waals surface area contributed by atoms with E-state index in [-0.39, 0.29) is 15.5 Å². The molecule has 94 valence electrons. The average Bonchev–Trinajstić information content (AvgIpc) is 2.28. The molecule has 0 saturated heterocycles. The van der Waals surface area contributed by atoms with Crippen molar-refractivity contribution in [2.45, 2.75) is 9.79 Å². The number of sulfone groups is 1. The molecule has 2 aromatic rings. The molecule has 4 N–H and O–H groups in total. The smallest absolute Gasteiger partial charge is 0.208 e. The van der Waals surface area contributed by atoms with Crippen LogP contribution in [0.4, 0.5) is 11.4 Å². The molecule has 0 atom stereocenters. The molecule has 2 rings (SSSR count). The van der Waals surface area contributed by atoms with Crippen molar-refractivity contribution >= 4 is 37.1 Å². The van der Waals surface area contributed by atoms with Crippen molar-refractivity contribution in [1.29, 1.82) is 0 Å². The van der Waals surface area contributed by atoms with Gasteiger partial charge >= 0.3 is 0 Å². The number of anilines is 2. The zero-order chi connectivity index (χ0) is 13.3. The number of hydrogen-bond acceptors (Lipinski definition) is 4. The molecule has 0 amide bonds. The number of hydrogen-bond donors (Lipinski definition) is 2. The summed E-state index contributed by atoms with van der Waals surface area (Å²) in [5.41, 5.74) is 11.8. The van der Waals surface area contributed by atoms with E-state index < -0.39 is 9.84 Å². The minimum atomic E-state index is -3.62. The van der Waals surface area contributed by atoms with E-state index in [2.05, 4.69) is 15.9 Å². The molecular weight excluding hydrogens is 316 g/mol. The van der Waals surface area contributed by atoms with E-state index in [1.54, 1.807) is 12.1 Å². The van der Waals surface area contributed by atoms with Crippen LogP contribution in [0.2, 0.25) is 0 Å². The first-order valence-electron chi connectivity index (χ1n) is 5.07. The fourth-order valence-electron chi connectivity index (χ4n) is 1.57. The van der Waals surface area contributed by atoms with Crippen molar-refractivity contribution in [3.05, 3.63) is 46.9 Å². The van der Waals surface area contributed by atoms with E-state index in [1.807, 2.05) is 0 Å². The van der Waals surface area contributed by atoms with Crippen LogP contribution in [-0.4, -0.2) is 8.42 Å². The summed E-state index contributed by atoms with van der Waals surface area (Å²) >= 11 is 3.24. The number of nitrogens with two attached hydrogens (primary N) is 2. The third kappa shape index (κ3) is 2.34. The highest BCUT2D eigenvalue weighted by atomic mass is 79.9. The number of rotatable bonds is 2. The van der Waals surface area contributed by atoms with Crippen LogP contribution in [0.3, 0.4) is 0 Å². The van der Waals surface area contributed by atoms with Crippen molar-refractivity contribution in [1.82, 2.24) is 0 Å². The van der Waals surface area contributed by atoms with E-state index in [1.165, 1.54) is 30.3 Å². The SMILES string of the molecule is Nc1ccc(S(=O)(=O)c2cccc(Br)c2)c(N)c1. The van der Waals surface area contributed by atoms with Crippen LogP contribution >= 0.6 is 15.9 Å². The van der Waals surface area contributed by atoms with E-state index in [4.69, 9.17) is 11.5 Å². The van der Waals surface area contributed by atoms with Gasteiger partial charge < -0.3 is 11.5 Å². The first kappa shape index (κ1) is 12.9. The maximum absolute atomic E-state index is 12.4. The maximum atomic E-state index is 12.4. The second-order valence-electron chi connectivity index (χ2n) is 3.76. The van der Waals surface area contributed by atoms with Gasteiger partial charge in [-0.2, -0.15) is 0 Å². The maximum Gasteiger partial charge on any atom is 0.208 e. The number of nitrogen functional groups attached to an aromatic ring is 2. The van der Waals surface area contributed by atoms with Crippen LogP contribution in [0.25, 0.3) is 0 Å². The van der Waals surface area contributed by atoms with Crippen LogP contribution in [0, 0.1) is 0 Å². The second-order valence-corrected chi connectivity index (χ2v) is 6.59. The lowest BCUT2D eigenvalue weighted by molar-refractivity contribution is 0.596. The highest BCUT2D eigenvalue weighted by Gasteiger charge is 2.20. The first-order chi connectivity index (χ1) is 8.41. The molecule has 0 spiro atoms. The van der Waals surface area contributed by atoms with Crippen molar-refractivity contribution in [2.75, 3.05) is 11.5 Å². The van der Waals surface area contributed by atoms with Crippen molar-refractivity contribution in [3.63, 3.8) is 0 Å². The second kappa shape index (κ2) is 4.62. The molecule has 0 fully saturated rings. The molecule has 0 unspecified atom stereocenters. The molecule has 0 aliphatic carbocycles. The van der Waals surface area contributed by atoms with Crippen LogP contribution in [-0.2, 0) is 9.84 Å². The van der Waals surface area contributed by atoms with Gasteiger partial charge in [-0.1, -0.05) is 22.0 Å². The minimum Gasteiger partial charge on any atom is -0.399 e. The van der Waals surface area contributed by atoms with Crippen molar-refractivity contribution < 1.29 is 8.42 Å². The summed E-state index contributed by atoms with van der Waals surface area (Å²) in [5.74, 6) is 0. The lowest BCUT2D eigenvalue weighted by Gasteiger charge is -2.08. The average molecular weight is 327 g/mol. The van der Waals surface area contributed by atoms with E-state index in [9.17, 15) is 8.42 Å². The molecule has 6 heteroatoms. The lowest BCUT2D eigenvalue weighted by atomic mass is 10.3. The van der Waals surface area contributed by atoms with Gasteiger partial charge in [0, 0.05) is 10.2 Å². The van der Waals surface area contributed by atoms with Gasteiger partial charge in [-0.25, -0.2) is 8.42 Å². The zero-order valence-corrected chi connectivity index (χ0v) is 11.7. The van der Waals surface area contributed by atoms with Gasteiger partial charge in [0.2, 0.25) is 9.84 Å². The molecule has 0 aromatic heterocycles. The Balaban J connectivity index is 2.62. The Morgan fingerprint density at radius 3 is 2.33 bits per heavy atom. The molecule has 4 nitrogen and oxygen atoms in total. The molecular formula is C12H11BrN2O2S. The number of halogens is 1. The monoisotopic (exact) mass is 326 g/mol. The topological polar surface area (TPSA) is 86.2 Å². The molecule has 0 heterocycles. The largest absolute Gasteiger partial charge is 0.399 e. The Morgan fingerprint density at radius 2 is 1.72 bits per heavy atom. The van der Waals surface area contributed by atoms with Gasteiger partial charge in [0.15, 0.2) is 0 Å². The summed E-state index contributed by atoms with van der Waals surface area (Å²) in [7, 11) is -3.62. The van der Waals surface area contributed by atoms with E-state index in [0.717, 1.165) is 0 Å². The van der Waals surface area contributed by atoms with Gasteiger partial charge in [-0.05, 0) is 36.4 Å². The molecule has 0 saturated carbocycles. The summed E-state index contributed by atoms with van der Waals surface area (Å²) in [6.45, 7) is 0. The van der Waals surface area contributed by atoms with Crippen LogP contribution in [0.15, 0.2) is 56.7 Å². The quantitative estimate of drug-likeness (QED) is 0.830. The first-order valence-corrected chi connectivity index (χ1v) is 7.34. The van der Waals surface area contributed by atoms with E-state index in [0.29, 0.717) is 10.2 Å². The minimum absolute atomic E-state index is 0.0646. The zero-order valence-electron chi connectivity index (χ0n) is 9.30. The summed E-state index contributed by atoms with van der Waals surface area (Å²) in [5, 5.41) is 0. The van der Waals surface area contributed by atoms with Gasteiger partial charge in [-0.15, -0.1) is 0 Å². The molecule has 18 heavy (non-hydrogen) atoms. The molecule has 0 radical (unpaired) electrons. The number of benzene rings is 2. The molecule has 0 aliphatic heterocycles. The lowest BCUT2D eigenvalue weighted by Crippen LogP contribution is -2.06. The Kier molecular flexibility index (Phi) is 3.32. The van der Waals surface area contributed by atoms with Crippen LogP contribution in [0.1, 0.15) is 0 Å². The Labute approximate surface area is 114 Å². The van der Waals surface area contributed by atoms with Crippen LogP contribution < -0.4 is 11.5 Å². The van der Waals surface area contributed by atoms with Gasteiger partial charge in [-0.3, -0.25) is 0 Å². The summed E-state index contributed by atoms with van der Waals surface area (Å²) in [6, 6.07) is 10.8. The fraction of sp³-hybridized carbons (Fsp3) is 0. The van der Waals surface area contributed by atoms with Crippen molar-refractivity contribution in [2.24, 2.45) is 0 Å². The Bertz CT molecular complexity index is 699. The highest BCUT2D eigenvalue weighted by molar-refractivity contribution is 9.10. The van der Waals surface area contributed by atoms with Crippen LogP contribution in [0.5, 0.6) is 0 Å². The third-order valence-corrected chi connectivity index (χ3v) is 4.75. The highest BCUT2D eigenvalue weighted by Crippen LogP contribution is 2.28. The Hall–Kier alpha value is -1.53. The Morgan fingerprint density at radius 1 is 1.00 bits per heavy atom. The van der Waals surface area contributed by atoms with Gasteiger partial charge in [0.1, 0.15) is 0 Å². The predicted molar refractivity (Wildman–Crippen MR) is 74.9 cm³/mol. The fourth-order valence-corrected chi connectivity index (χ4v) is 3.53. The summed E-state index contributed by atoms with van der Waals surface area (Å²) in [6.07, 6.45) is 0. The summed E-state index contributed by atoms with van der Waals surface area (Å²) < 4.78 is 25.4. The molecule has 0 aliphatic rings. The standard InChI is InChI=1S/C12H11BrN2O2S/c13-8-2-1-3-10(6-8)18(16,17)12-5-4-9(14)7-11(12)15/h1-7H,14-15H2. The summed E-state index contributed by atoms with van der Waals surface area (Å²) in [4.78, 5) is 0.253.